The molecule has 0 bridgehead atoms. The fourth-order valence-electron chi connectivity index (χ4n) is 0.980. The van der Waals surface area contributed by atoms with Crippen molar-refractivity contribution < 1.29 is 21.1 Å². The molecule has 1 amide bonds. The molecule has 0 spiro atoms. The van der Waals surface area contributed by atoms with E-state index in [0.717, 1.165) is 18.2 Å². The molecular formula is C8H9AsFNO4. The predicted octanol–water partition coefficient (Wildman–Crippen LogP) is -0.655. The van der Waals surface area contributed by atoms with Crippen LogP contribution in [0.5, 0.6) is 0 Å². The minimum atomic E-state index is -5.04. The molecule has 0 aromatic heterocycles. The number of hydrogen-bond acceptors (Lipinski definition) is 2. The Bertz CT molecular complexity index is 442. The summed E-state index contributed by atoms with van der Waals surface area (Å²) in [7, 11) is 0. The van der Waals surface area contributed by atoms with Crippen LogP contribution in [0.25, 0.3) is 0 Å². The first kappa shape index (κ1) is 12.0. The number of anilines is 1. The van der Waals surface area contributed by atoms with E-state index in [1.54, 1.807) is 0 Å². The number of nitrogens with one attached hydrogen (secondary N) is 1. The molecule has 0 atom stereocenters. The summed E-state index contributed by atoms with van der Waals surface area (Å²) in [5.74, 6) is -1.25. The van der Waals surface area contributed by atoms with Crippen LogP contribution in [-0.4, -0.2) is 28.3 Å². The third-order valence-electron chi connectivity index (χ3n) is 1.60. The molecule has 0 saturated carbocycles. The van der Waals surface area contributed by atoms with Crippen molar-refractivity contribution in [2.45, 2.75) is 6.92 Å². The first-order valence-electron chi connectivity index (χ1n) is 3.94. The molecule has 1 aromatic rings. The van der Waals surface area contributed by atoms with Crippen molar-refractivity contribution in [1.29, 1.82) is 0 Å². The number of amides is 1. The van der Waals surface area contributed by atoms with Gasteiger partial charge in [0.05, 0.1) is 0 Å². The van der Waals surface area contributed by atoms with Crippen LogP contribution in [0.15, 0.2) is 18.2 Å². The number of halogens is 1. The topological polar surface area (TPSA) is 86.6 Å². The van der Waals surface area contributed by atoms with Gasteiger partial charge in [-0.2, -0.15) is 0 Å². The number of benzene rings is 1. The molecule has 0 heterocycles. The fraction of sp³-hybridized carbons (Fsp3) is 0.125. The van der Waals surface area contributed by atoms with Crippen LogP contribution in [0.3, 0.4) is 0 Å². The Morgan fingerprint density at radius 3 is 2.53 bits per heavy atom. The molecule has 0 aliphatic heterocycles. The van der Waals surface area contributed by atoms with Crippen LogP contribution in [-0.2, 0) is 8.53 Å². The van der Waals surface area contributed by atoms with E-state index in [-0.39, 0.29) is 10.0 Å². The normalized spacial score (nSPS) is 11.2. The summed E-state index contributed by atoms with van der Waals surface area (Å²) in [5.41, 5.74) is -0.232. The Hall–Kier alpha value is -1.10. The molecule has 0 fully saturated rings. The summed E-state index contributed by atoms with van der Waals surface area (Å²) >= 11 is -5.04. The van der Waals surface area contributed by atoms with Gasteiger partial charge in [0.1, 0.15) is 0 Å². The van der Waals surface area contributed by atoms with Crippen molar-refractivity contribution in [3.05, 3.63) is 24.0 Å². The van der Waals surface area contributed by atoms with Gasteiger partial charge in [-0.15, -0.1) is 0 Å². The predicted molar refractivity (Wildman–Crippen MR) is 51.2 cm³/mol. The summed E-state index contributed by atoms with van der Waals surface area (Å²) in [6.07, 6.45) is 0. The van der Waals surface area contributed by atoms with Gasteiger partial charge in [-0.25, -0.2) is 0 Å². The van der Waals surface area contributed by atoms with Gasteiger partial charge in [0.25, 0.3) is 0 Å². The van der Waals surface area contributed by atoms with Crippen molar-refractivity contribution in [2.24, 2.45) is 0 Å². The molecule has 0 aliphatic carbocycles. The van der Waals surface area contributed by atoms with Crippen molar-refractivity contribution >= 4 is 30.1 Å². The molecule has 15 heavy (non-hydrogen) atoms. The third kappa shape index (κ3) is 3.19. The van der Waals surface area contributed by atoms with Crippen molar-refractivity contribution in [3.8, 4) is 0 Å². The molecule has 1 rings (SSSR count). The van der Waals surface area contributed by atoms with Gasteiger partial charge in [0.2, 0.25) is 0 Å². The van der Waals surface area contributed by atoms with E-state index in [4.69, 9.17) is 8.19 Å². The van der Waals surface area contributed by atoms with Crippen LogP contribution < -0.4 is 9.67 Å². The van der Waals surface area contributed by atoms with Gasteiger partial charge in [-0.3, -0.25) is 0 Å². The van der Waals surface area contributed by atoms with Crippen LogP contribution in [0.4, 0.5) is 10.1 Å². The second kappa shape index (κ2) is 4.18. The molecule has 82 valence electrons. The van der Waals surface area contributed by atoms with Crippen molar-refractivity contribution in [1.82, 2.24) is 0 Å². The zero-order chi connectivity index (χ0) is 11.6. The van der Waals surface area contributed by atoms with Crippen molar-refractivity contribution in [2.75, 3.05) is 5.32 Å². The van der Waals surface area contributed by atoms with Crippen LogP contribution in [0, 0.1) is 5.82 Å². The number of rotatable bonds is 2. The zero-order valence-electron chi connectivity index (χ0n) is 7.77. The van der Waals surface area contributed by atoms with Gasteiger partial charge < -0.3 is 0 Å². The van der Waals surface area contributed by atoms with E-state index in [1.807, 2.05) is 0 Å². The van der Waals surface area contributed by atoms with E-state index in [2.05, 4.69) is 5.32 Å². The maximum absolute atomic E-state index is 13.1. The monoisotopic (exact) mass is 277 g/mol. The minimum absolute atomic E-state index is 0.232. The zero-order valence-corrected chi connectivity index (χ0v) is 9.64. The average molecular weight is 277 g/mol. The number of carbonyl (C=O) groups is 1. The summed E-state index contributed by atoms with van der Waals surface area (Å²) in [6, 6.07) is 2.85. The van der Waals surface area contributed by atoms with Crippen LogP contribution >= 0.6 is 0 Å². The summed E-state index contributed by atoms with van der Waals surface area (Å²) in [4.78, 5) is 10.7. The Balaban J connectivity index is 3.17. The standard InChI is InChI=1S/C8H9AsFNO4/c1-5(12)11-8-4-6(9(13,14)15)2-3-7(8)10/h2-4H,1H3,(H,11,12)(H2,13,14,15). The van der Waals surface area contributed by atoms with Crippen LogP contribution in [0.1, 0.15) is 6.92 Å². The Kier molecular flexibility index (Phi) is 3.34. The van der Waals surface area contributed by atoms with E-state index < -0.39 is 25.9 Å². The molecule has 0 saturated heterocycles. The molecule has 0 radical (unpaired) electrons. The van der Waals surface area contributed by atoms with E-state index in [9.17, 15) is 12.9 Å². The van der Waals surface area contributed by atoms with Gasteiger partial charge in [0, 0.05) is 0 Å². The van der Waals surface area contributed by atoms with E-state index >= 15 is 0 Å². The second-order valence-electron chi connectivity index (χ2n) is 2.89. The van der Waals surface area contributed by atoms with E-state index in [1.165, 1.54) is 6.92 Å². The second-order valence-corrected chi connectivity index (χ2v) is 6.26. The van der Waals surface area contributed by atoms with Gasteiger partial charge in [-0.1, -0.05) is 0 Å². The molecular weight excluding hydrogens is 268 g/mol. The number of hydrogen-bond donors (Lipinski definition) is 3. The molecule has 0 aliphatic rings. The summed E-state index contributed by atoms with van der Waals surface area (Å²) in [5, 5.41) is 2.14. The quantitative estimate of drug-likeness (QED) is 0.627. The van der Waals surface area contributed by atoms with Crippen molar-refractivity contribution in [3.63, 3.8) is 0 Å². The first-order chi connectivity index (χ1) is 6.80. The Labute approximate surface area is 87.9 Å². The maximum atomic E-state index is 13.1. The fourth-order valence-corrected chi connectivity index (χ4v) is 2.17. The molecule has 7 heteroatoms. The van der Waals surface area contributed by atoms with Gasteiger partial charge in [0.15, 0.2) is 0 Å². The molecule has 1 aromatic carbocycles. The van der Waals surface area contributed by atoms with Gasteiger partial charge in [-0.05, 0) is 0 Å². The first-order valence-corrected chi connectivity index (χ1v) is 7.32. The molecule has 3 N–H and O–H groups in total. The van der Waals surface area contributed by atoms with E-state index in [0.29, 0.717) is 0 Å². The summed E-state index contributed by atoms with van der Waals surface area (Å²) in [6.45, 7) is 1.18. The SMILES string of the molecule is CC(=O)Nc1cc([As](=O)(O)O)ccc1F. The van der Waals surface area contributed by atoms with Gasteiger partial charge >= 0.3 is 87.5 Å². The number of carbonyl (C=O) groups excluding carboxylic acids is 1. The molecule has 0 unspecified atom stereocenters. The Morgan fingerprint density at radius 2 is 2.07 bits per heavy atom. The third-order valence-corrected chi connectivity index (χ3v) is 3.59. The average Bonchev–Trinajstić information content (AvgIpc) is 2.06. The Morgan fingerprint density at radius 1 is 1.47 bits per heavy atom. The molecule has 5 nitrogen and oxygen atoms in total. The summed E-state index contributed by atoms with van der Waals surface area (Å²) < 4.78 is 41.4. The van der Waals surface area contributed by atoms with Crippen LogP contribution in [0.2, 0.25) is 0 Å².